The molecule has 0 radical (unpaired) electrons. The molecule has 0 aliphatic carbocycles. The smallest absolute Gasteiger partial charge is 0.123 e. The molecular weight excluding hydrogens is 259 g/mol. The van der Waals surface area contributed by atoms with Crippen LogP contribution >= 0.6 is 11.3 Å². The number of rotatable bonds is 3. The fourth-order valence-corrected chi connectivity index (χ4v) is 3.41. The van der Waals surface area contributed by atoms with Crippen molar-refractivity contribution in [3.8, 4) is 11.3 Å². The Bertz CT molecular complexity index is 529. The largest absolute Gasteiger partial charge is 0.317 e. The molecule has 0 amide bonds. The van der Waals surface area contributed by atoms with E-state index in [1.807, 2.05) is 0 Å². The van der Waals surface area contributed by atoms with Gasteiger partial charge < -0.3 is 5.32 Å². The van der Waals surface area contributed by atoms with Crippen molar-refractivity contribution in [2.24, 2.45) is 5.92 Å². The summed E-state index contributed by atoms with van der Waals surface area (Å²) in [5.74, 6) is 0.558. The molecule has 19 heavy (non-hydrogen) atoms. The van der Waals surface area contributed by atoms with Gasteiger partial charge in [-0.2, -0.15) is 0 Å². The quantitative estimate of drug-likeness (QED) is 0.928. The van der Waals surface area contributed by atoms with Crippen molar-refractivity contribution in [3.05, 3.63) is 40.5 Å². The summed E-state index contributed by atoms with van der Waals surface area (Å²) in [5, 5.41) is 6.66. The highest BCUT2D eigenvalue weighted by molar-refractivity contribution is 7.09. The molecule has 3 rings (SSSR count). The average Bonchev–Trinajstić information content (AvgIpc) is 2.89. The Morgan fingerprint density at radius 3 is 2.68 bits per heavy atom. The van der Waals surface area contributed by atoms with Crippen LogP contribution in [0.4, 0.5) is 4.39 Å². The van der Waals surface area contributed by atoms with Crippen molar-refractivity contribution in [2.45, 2.75) is 19.3 Å². The molecule has 0 unspecified atom stereocenters. The van der Waals surface area contributed by atoms with Gasteiger partial charge in [0.2, 0.25) is 0 Å². The van der Waals surface area contributed by atoms with Crippen molar-refractivity contribution >= 4 is 11.3 Å². The van der Waals surface area contributed by atoms with Crippen LogP contribution in [0.2, 0.25) is 0 Å². The third kappa shape index (κ3) is 3.19. The predicted molar refractivity (Wildman–Crippen MR) is 76.8 cm³/mol. The number of nitrogens with zero attached hydrogens (tertiary/aromatic N) is 1. The minimum atomic E-state index is -0.200. The van der Waals surface area contributed by atoms with Gasteiger partial charge in [-0.1, -0.05) is 0 Å². The molecule has 1 saturated heterocycles. The Morgan fingerprint density at radius 2 is 1.95 bits per heavy atom. The van der Waals surface area contributed by atoms with Crippen LogP contribution in [-0.2, 0) is 6.42 Å². The first-order valence-corrected chi connectivity index (χ1v) is 7.60. The zero-order valence-corrected chi connectivity index (χ0v) is 11.5. The summed E-state index contributed by atoms with van der Waals surface area (Å²) in [6.07, 6.45) is 3.56. The number of nitrogens with one attached hydrogen (secondary N) is 1. The topological polar surface area (TPSA) is 24.9 Å². The molecule has 100 valence electrons. The monoisotopic (exact) mass is 276 g/mol. The second-order valence-corrected chi connectivity index (χ2v) is 5.97. The maximum absolute atomic E-state index is 12.9. The van der Waals surface area contributed by atoms with E-state index >= 15 is 0 Å². The maximum atomic E-state index is 12.9. The van der Waals surface area contributed by atoms with Gasteiger partial charge >= 0.3 is 0 Å². The van der Waals surface area contributed by atoms with Crippen LogP contribution in [0.1, 0.15) is 17.8 Å². The standard InChI is InChI=1S/C15H17FN2S/c16-13-3-1-12(2-4-13)14-10-19-15(18-14)9-11-5-7-17-8-6-11/h1-4,10-11,17H,5-9H2. The lowest BCUT2D eigenvalue weighted by molar-refractivity contribution is 0.372. The normalized spacial score (nSPS) is 16.7. The molecule has 0 spiro atoms. The molecule has 0 atom stereocenters. The van der Waals surface area contributed by atoms with Crippen LogP contribution in [0.5, 0.6) is 0 Å². The first kappa shape index (κ1) is 12.8. The zero-order chi connectivity index (χ0) is 13.1. The molecule has 1 aliphatic rings. The van der Waals surface area contributed by atoms with Crippen LogP contribution in [-0.4, -0.2) is 18.1 Å². The third-order valence-corrected chi connectivity index (χ3v) is 4.48. The van der Waals surface area contributed by atoms with Crippen LogP contribution < -0.4 is 5.32 Å². The van der Waals surface area contributed by atoms with Gasteiger partial charge in [-0.3, -0.25) is 0 Å². The Kier molecular flexibility index (Phi) is 3.89. The van der Waals surface area contributed by atoms with Gasteiger partial charge in [0.05, 0.1) is 10.7 Å². The molecule has 1 aromatic carbocycles. The first-order valence-electron chi connectivity index (χ1n) is 6.72. The third-order valence-electron chi connectivity index (χ3n) is 3.61. The minimum Gasteiger partial charge on any atom is -0.317 e. The van der Waals surface area contributed by atoms with E-state index in [1.54, 1.807) is 23.5 Å². The highest BCUT2D eigenvalue weighted by Gasteiger charge is 2.15. The van der Waals surface area contributed by atoms with Gasteiger partial charge in [-0.25, -0.2) is 9.37 Å². The number of halogens is 1. The van der Waals surface area contributed by atoms with Crippen molar-refractivity contribution in [1.29, 1.82) is 0 Å². The number of benzene rings is 1. The van der Waals surface area contributed by atoms with E-state index in [4.69, 9.17) is 0 Å². The summed E-state index contributed by atoms with van der Waals surface area (Å²) in [4.78, 5) is 4.68. The van der Waals surface area contributed by atoms with E-state index in [0.717, 1.165) is 36.7 Å². The molecular formula is C15H17FN2S. The van der Waals surface area contributed by atoms with E-state index in [2.05, 4.69) is 15.7 Å². The highest BCUT2D eigenvalue weighted by Crippen LogP contribution is 2.25. The highest BCUT2D eigenvalue weighted by atomic mass is 32.1. The van der Waals surface area contributed by atoms with Gasteiger partial charge in [-0.05, 0) is 56.1 Å². The maximum Gasteiger partial charge on any atom is 0.123 e. The summed E-state index contributed by atoms with van der Waals surface area (Å²) in [5.41, 5.74) is 1.96. The van der Waals surface area contributed by atoms with Crippen molar-refractivity contribution < 1.29 is 4.39 Å². The van der Waals surface area contributed by atoms with E-state index in [-0.39, 0.29) is 5.82 Å². The van der Waals surface area contributed by atoms with Gasteiger partial charge in [0.15, 0.2) is 0 Å². The Balaban J connectivity index is 1.70. The Morgan fingerprint density at radius 1 is 1.21 bits per heavy atom. The fraction of sp³-hybridized carbons (Fsp3) is 0.400. The van der Waals surface area contributed by atoms with E-state index in [0.29, 0.717) is 0 Å². The molecule has 4 heteroatoms. The van der Waals surface area contributed by atoms with E-state index in [1.165, 1.54) is 30.0 Å². The minimum absolute atomic E-state index is 0.200. The molecule has 1 aromatic heterocycles. The summed E-state index contributed by atoms with van der Waals surface area (Å²) in [6, 6.07) is 6.56. The number of hydrogen-bond donors (Lipinski definition) is 1. The Hall–Kier alpha value is -1.26. The molecule has 2 heterocycles. The molecule has 2 nitrogen and oxygen atoms in total. The van der Waals surface area contributed by atoms with Crippen molar-refractivity contribution in [2.75, 3.05) is 13.1 Å². The lowest BCUT2D eigenvalue weighted by Crippen LogP contribution is -2.28. The summed E-state index contributed by atoms with van der Waals surface area (Å²) in [7, 11) is 0. The number of aromatic nitrogens is 1. The zero-order valence-electron chi connectivity index (χ0n) is 10.7. The number of hydrogen-bond acceptors (Lipinski definition) is 3. The van der Waals surface area contributed by atoms with Crippen molar-refractivity contribution in [3.63, 3.8) is 0 Å². The lowest BCUT2D eigenvalue weighted by Gasteiger charge is -2.21. The van der Waals surface area contributed by atoms with Crippen LogP contribution in [0.3, 0.4) is 0 Å². The number of thiazole rings is 1. The van der Waals surface area contributed by atoms with E-state index in [9.17, 15) is 4.39 Å². The summed E-state index contributed by atoms with van der Waals surface area (Å²) < 4.78 is 12.9. The molecule has 2 aromatic rings. The van der Waals surface area contributed by atoms with Gasteiger partial charge in [0, 0.05) is 17.4 Å². The van der Waals surface area contributed by atoms with E-state index < -0.39 is 0 Å². The molecule has 1 aliphatic heterocycles. The Labute approximate surface area is 116 Å². The van der Waals surface area contributed by atoms with Crippen LogP contribution in [0.15, 0.2) is 29.6 Å². The number of piperidine rings is 1. The molecule has 0 bridgehead atoms. The summed E-state index contributed by atoms with van der Waals surface area (Å²) >= 11 is 1.72. The average molecular weight is 276 g/mol. The van der Waals surface area contributed by atoms with Crippen LogP contribution in [0.25, 0.3) is 11.3 Å². The lowest BCUT2D eigenvalue weighted by atomic mass is 9.95. The molecule has 1 N–H and O–H groups in total. The van der Waals surface area contributed by atoms with Gasteiger partial charge in [-0.15, -0.1) is 11.3 Å². The molecule has 1 fully saturated rings. The fourth-order valence-electron chi connectivity index (χ4n) is 2.49. The van der Waals surface area contributed by atoms with Crippen molar-refractivity contribution in [1.82, 2.24) is 10.3 Å². The SMILES string of the molecule is Fc1ccc(-c2csc(CC3CCNCC3)n2)cc1. The van der Waals surface area contributed by atoms with Crippen LogP contribution in [0, 0.1) is 11.7 Å². The second-order valence-electron chi connectivity index (χ2n) is 5.03. The molecule has 0 saturated carbocycles. The first-order chi connectivity index (χ1) is 9.31. The predicted octanol–water partition coefficient (Wildman–Crippen LogP) is 3.49. The van der Waals surface area contributed by atoms with Gasteiger partial charge in [0.1, 0.15) is 5.82 Å². The summed E-state index contributed by atoms with van der Waals surface area (Å²) in [6.45, 7) is 2.25. The van der Waals surface area contributed by atoms with Gasteiger partial charge in [0.25, 0.3) is 0 Å². The second kappa shape index (κ2) is 5.80.